The first-order valence-corrected chi connectivity index (χ1v) is 15.4. The fourth-order valence-electron chi connectivity index (χ4n) is 5.25. The summed E-state index contributed by atoms with van der Waals surface area (Å²) in [5, 5.41) is 30.7. The van der Waals surface area contributed by atoms with Crippen molar-refractivity contribution in [3.63, 3.8) is 0 Å². The molecular weight excluding hydrogens is 515 g/mol. The number of hydrogen-bond donors (Lipinski definition) is 3. The SMILES string of the molecule is CC1=C(C(=O)O)C(c2ccc(C#N)cc2)(c2cccc(C(F)(F)F)c2)C(CC[Si](C)(C)C)(C(=O)O)C(N)=N1. The van der Waals surface area contributed by atoms with Gasteiger partial charge in [-0.2, -0.15) is 18.4 Å². The first kappa shape index (κ1) is 28.7. The van der Waals surface area contributed by atoms with Crippen LogP contribution in [0, 0.1) is 16.7 Å². The molecular formula is C27H28F3N3O4Si. The Bertz CT molecular complexity index is 1390. The van der Waals surface area contributed by atoms with Gasteiger partial charge in [0.1, 0.15) is 11.3 Å². The van der Waals surface area contributed by atoms with Gasteiger partial charge in [-0.15, -0.1) is 0 Å². The van der Waals surface area contributed by atoms with Gasteiger partial charge >= 0.3 is 18.1 Å². The third-order valence-electron chi connectivity index (χ3n) is 7.00. The Hall–Kier alpha value is -3.91. The number of nitriles is 1. The molecule has 0 aromatic heterocycles. The van der Waals surface area contributed by atoms with Crippen LogP contribution in [-0.4, -0.2) is 36.1 Å². The summed E-state index contributed by atoms with van der Waals surface area (Å²) in [6, 6.07) is 11.8. The summed E-state index contributed by atoms with van der Waals surface area (Å²) in [4.78, 5) is 30.5. The minimum absolute atomic E-state index is 0.0726. The summed E-state index contributed by atoms with van der Waals surface area (Å²) >= 11 is 0. The second-order valence-electron chi connectivity index (χ2n) is 10.6. The van der Waals surface area contributed by atoms with Crippen molar-refractivity contribution < 1.29 is 33.0 Å². The van der Waals surface area contributed by atoms with Gasteiger partial charge in [0, 0.05) is 8.07 Å². The number of rotatable bonds is 7. The van der Waals surface area contributed by atoms with Crippen molar-refractivity contribution in [1.29, 1.82) is 5.26 Å². The van der Waals surface area contributed by atoms with Gasteiger partial charge in [-0.25, -0.2) is 9.79 Å². The quantitative estimate of drug-likeness (QED) is 0.401. The molecule has 0 radical (unpaired) electrons. The molecule has 0 spiro atoms. The van der Waals surface area contributed by atoms with Crippen molar-refractivity contribution in [3.05, 3.63) is 82.1 Å². The Kier molecular flexibility index (Phi) is 7.36. The summed E-state index contributed by atoms with van der Waals surface area (Å²) < 4.78 is 41.7. The zero-order valence-corrected chi connectivity index (χ0v) is 22.3. The highest BCUT2D eigenvalue weighted by Gasteiger charge is 2.66. The lowest BCUT2D eigenvalue weighted by Crippen LogP contribution is -2.63. The first-order valence-electron chi connectivity index (χ1n) is 11.7. The van der Waals surface area contributed by atoms with E-state index in [0.29, 0.717) is 6.04 Å². The fourth-order valence-corrected chi connectivity index (χ4v) is 6.38. The van der Waals surface area contributed by atoms with Crippen molar-refractivity contribution >= 4 is 25.8 Å². The Labute approximate surface area is 219 Å². The number of carbonyl (C=O) groups is 2. The molecule has 1 heterocycles. The van der Waals surface area contributed by atoms with E-state index < -0.39 is 54.0 Å². The van der Waals surface area contributed by atoms with Crippen LogP contribution in [0.25, 0.3) is 0 Å². The monoisotopic (exact) mass is 543 g/mol. The summed E-state index contributed by atoms with van der Waals surface area (Å²) in [5.74, 6) is -3.45. The van der Waals surface area contributed by atoms with Crippen LogP contribution in [0.3, 0.4) is 0 Å². The fraction of sp³-hybridized carbons (Fsp3) is 0.333. The zero-order valence-electron chi connectivity index (χ0n) is 21.3. The topological polar surface area (TPSA) is 137 Å². The van der Waals surface area contributed by atoms with Crippen molar-refractivity contribution in [2.45, 2.75) is 50.6 Å². The number of alkyl halides is 3. The van der Waals surface area contributed by atoms with Gasteiger partial charge in [0.25, 0.3) is 0 Å². The third kappa shape index (κ3) is 4.60. The predicted molar refractivity (Wildman–Crippen MR) is 138 cm³/mol. The van der Waals surface area contributed by atoms with Crippen LogP contribution >= 0.6 is 0 Å². The maximum atomic E-state index is 13.9. The number of hydrogen-bond acceptors (Lipinski definition) is 5. The molecule has 2 unspecified atom stereocenters. The molecule has 2 aromatic carbocycles. The van der Waals surface area contributed by atoms with E-state index in [4.69, 9.17) is 5.73 Å². The van der Waals surface area contributed by atoms with Crippen molar-refractivity contribution in [1.82, 2.24) is 0 Å². The second-order valence-corrected chi connectivity index (χ2v) is 16.2. The molecule has 0 saturated heterocycles. The van der Waals surface area contributed by atoms with E-state index in [-0.39, 0.29) is 28.8 Å². The van der Waals surface area contributed by atoms with Gasteiger partial charge in [-0.3, -0.25) is 4.79 Å². The Morgan fingerprint density at radius 3 is 2.16 bits per heavy atom. The van der Waals surface area contributed by atoms with Crippen LogP contribution in [0.5, 0.6) is 0 Å². The average molecular weight is 544 g/mol. The van der Waals surface area contributed by atoms with Crippen LogP contribution in [0.4, 0.5) is 13.2 Å². The highest BCUT2D eigenvalue weighted by Crippen LogP contribution is 2.58. The van der Waals surface area contributed by atoms with Crippen molar-refractivity contribution in [2.24, 2.45) is 16.1 Å². The van der Waals surface area contributed by atoms with Crippen LogP contribution in [0.15, 0.2) is 64.8 Å². The number of amidine groups is 1. The van der Waals surface area contributed by atoms with E-state index in [9.17, 15) is 38.2 Å². The van der Waals surface area contributed by atoms with E-state index in [1.807, 2.05) is 25.7 Å². The summed E-state index contributed by atoms with van der Waals surface area (Å²) in [7, 11) is -2.01. The molecule has 1 aliphatic heterocycles. The number of carboxylic acid groups (broad SMARTS) is 2. The Morgan fingerprint density at radius 2 is 1.68 bits per heavy atom. The minimum Gasteiger partial charge on any atom is -0.480 e. The molecule has 4 N–H and O–H groups in total. The maximum Gasteiger partial charge on any atom is 0.416 e. The molecule has 2 aromatic rings. The molecule has 1 aliphatic rings. The van der Waals surface area contributed by atoms with Crippen molar-refractivity contribution in [3.8, 4) is 6.07 Å². The van der Waals surface area contributed by atoms with Crippen molar-refractivity contribution in [2.75, 3.05) is 0 Å². The van der Waals surface area contributed by atoms with Gasteiger partial charge in [0.2, 0.25) is 0 Å². The number of nitrogens with zero attached hydrogens (tertiary/aromatic N) is 2. The smallest absolute Gasteiger partial charge is 0.416 e. The maximum absolute atomic E-state index is 13.9. The van der Waals surface area contributed by atoms with E-state index in [2.05, 4.69) is 4.99 Å². The highest BCUT2D eigenvalue weighted by atomic mass is 28.3. The number of benzene rings is 2. The first-order chi connectivity index (χ1) is 17.5. The molecule has 38 heavy (non-hydrogen) atoms. The lowest BCUT2D eigenvalue weighted by atomic mass is 9.50. The average Bonchev–Trinajstić information content (AvgIpc) is 2.81. The molecule has 0 saturated carbocycles. The molecule has 0 aliphatic carbocycles. The summed E-state index contributed by atoms with van der Waals surface area (Å²) in [5.41, 5.74) is 0.326. The largest absolute Gasteiger partial charge is 0.480 e. The van der Waals surface area contributed by atoms with Gasteiger partial charge < -0.3 is 15.9 Å². The highest BCUT2D eigenvalue weighted by molar-refractivity contribution is 6.76. The number of nitrogens with two attached hydrogens (primary N) is 1. The molecule has 7 nitrogen and oxygen atoms in total. The summed E-state index contributed by atoms with van der Waals surface area (Å²) in [6.07, 6.45) is -4.96. The zero-order chi connectivity index (χ0) is 28.7. The van der Waals surface area contributed by atoms with Gasteiger partial charge in [-0.05, 0) is 42.7 Å². The number of carboxylic acids is 2. The minimum atomic E-state index is -4.79. The van der Waals surface area contributed by atoms with Gasteiger partial charge in [-0.1, -0.05) is 56.0 Å². The molecule has 2 atom stereocenters. The van der Waals surface area contributed by atoms with Crippen LogP contribution in [-0.2, 0) is 21.2 Å². The Morgan fingerprint density at radius 1 is 1.08 bits per heavy atom. The number of aliphatic imine (C=N–C) groups is 1. The van der Waals surface area contributed by atoms with E-state index >= 15 is 0 Å². The van der Waals surface area contributed by atoms with E-state index in [1.54, 1.807) is 0 Å². The second kappa shape index (κ2) is 9.76. The van der Waals surface area contributed by atoms with Crippen LogP contribution in [0.1, 0.15) is 35.6 Å². The Balaban J connectivity index is 2.65. The lowest BCUT2D eigenvalue weighted by molar-refractivity contribution is -0.148. The van der Waals surface area contributed by atoms with E-state index in [1.165, 1.54) is 37.3 Å². The predicted octanol–water partition coefficient (Wildman–Crippen LogP) is 5.39. The molecule has 0 amide bonds. The van der Waals surface area contributed by atoms with Gasteiger partial charge in [0.15, 0.2) is 0 Å². The molecule has 11 heteroatoms. The normalized spacial score (nSPS) is 22.0. The van der Waals surface area contributed by atoms with Gasteiger partial charge in [0.05, 0.1) is 33.9 Å². The summed E-state index contributed by atoms with van der Waals surface area (Å²) in [6.45, 7) is 7.31. The van der Waals surface area contributed by atoms with E-state index in [0.717, 1.165) is 18.2 Å². The number of allylic oxidation sites excluding steroid dienone is 1. The molecule has 200 valence electrons. The third-order valence-corrected chi connectivity index (χ3v) is 8.75. The molecule has 0 bridgehead atoms. The standard InChI is InChI=1S/C27H28F3N3O4Si/c1-16-21(22(34)35)26(18-10-8-17(15-31)9-11-18,19-6-5-7-20(14-19)27(28,29)30)25(24(36)37,23(32)33-16)12-13-38(2,3)4/h5-11,14H,12-13H2,1-4H3,(H2,32,33)(H,34,35)(H,36,37). The molecule has 0 fully saturated rings. The lowest BCUT2D eigenvalue weighted by Gasteiger charge is -2.51. The van der Waals surface area contributed by atoms with Crippen LogP contribution < -0.4 is 5.73 Å². The number of halogens is 3. The van der Waals surface area contributed by atoms with Crippen LogP contribution in [0.2, 0.25) is 25.7 Å². The number of aliphatic carboxylic acids is 2. The molecule has 3 rings (SSSR count).